The number of hydrogen-bond acceptors (Lipinski definition) is 3. The summed E-state index contributed by atoms with van der Waals surface area (Å²) in [5.41, 5.74) is 6.76. The summed E-state index contributed by atoms with van der Waals surface area (Å²) in [5, 5.41) is 9.05. The zero-order valence-corrected chi connectivity index (χ0v) is 12.6. The third-order valence-corrected chi connectivity index (χ3v) is 4.39. The van der Waals surface area contributed by atoms with Gasteiger partial charge in [-0.15, -0.1) is 0 Å². The van der Waals surface area contributed by atoms with Gasteiger partial charge >= 0.3 is 0 Å². The summed E-state index contributed by atoms with van der Waals surface area (Å²) in [5.74, 6) is 2.69. The molecule has 0 bridgehead atoms. The summed E-state index contributed by atoms with van der Waals surface area (Å²) in [6.07, 6.45) is 3.85. The van der Waals surface area contributed by atoms with E-state index in [1.165, 1.54) is 12.8 Å². The molecule has 2 rings (SSSR count). The summed E-state index contributed by atoms with van der Waals surface area (Å²) in [7, 11) is 0. The van der Waals surface area contributed by atoms with E-state index < -0.39 is 0 Å². The van der Waals surface area contributed by atoms with Crippen LogP contribution in [0.5, 0.6) is 5.75 Å². The molecule has 0 aromatic heterocycles. The Kier molecular flexibility index (Phi) is 4.54. The van der Waals surface area contributed by atoms with Crippen molar-refractivity contribution >= 4 is 5.69 Å². The van der Waals surface area contributed by atoms with Crippen LogP contribution in [0.4, 0.5) is 5.69 Å². The van der Waals surface area contributed by atoms with Crippen LogP contribution in [-0.4, -0.2) is 6.10 Å². The molecular formula is C17H24N2O. The van der Waals surface area contributed by atoms with E-state index in [9.17, 15) is 0 Å². The highest BCUT2D eigenvalue weighted by molar-refractivity contribution is 5.56. The Morgan fingerprint density at radius 3 is 2.75 bits per heavy atom. The first-order valence-corrected chi connectivity index (χ1v) is 7.47. The van der Waals surface area contributed by atoms with E-state index in [1.54, 1.807) is 12.1 Å². The molecule has 0 spiro atoms. The number of rotatable bonds is 3. The Morgan fingerprint density at radius 1 is 1.35 bits per heavy atom. The Morgan fingerprint density at radius 2 is 2.10 bits per heavy atom. The van der Waals surface area contributed by atoms with Gasteiger partial charge in [-0.1, -0.05) is 27.2 Å². The van der Waals surface area contributed by atoms with Gasteiger partial charge in [0.1, 0.15) is 17.9 Å². The van der Waals surface area contributed by atoms with Crippen LogP contribution in [0.25, 0.3) is 0 Å². The Hall–Kier alpha value is -1.69. The van der Waals surface area contributed by atoms with Gasteiger partial charge in [-0.2, -0.15) is 5.26 Å². The van der Waals surface area contributed by atoms with E-state index in [-0.39, 0.29) is 6.10 Å². The first kappa shape index (κ1) is 14.7. The second-order valence-electron chi connectivity index (χ2n) is 6.34. The molecule has 0 amide bonds. The molecule has 0 heterocycles. The highest BCUT2D eigenvalue weighted by Crippen LogP contribution is 2.36. The smallest absolute Gasteiger partial charge is 0.121 e. The van der Waals surface area contributed by atoms with E-state index in [1.807, 2.05) is 6.07 Å². The van der Waals surface area contributed by atoms with Crippen LogP contribution in [-0.2, 0) is 0 Å². The molecule has 2 N–H and O–H groups in total. The third kappa shape index (κ3) is 3.25. The monoisotopic (exact) mass is 272 g/mol. The van der Waals surface area contributed by atoms with Gasteiger partial charge in [-0.3, -0.25) is 0 Å². The molecule has 3 unspecified atom stereocenters. The molecule has 20 heavy (non-hydrogen) atoms. The Labute approximate surface area is 121 Å². The van der Waals surface area contributed by atoms with Gasteiger partial charge in [0.15, 0.2) is 0 Å². The van der Waals surface area contributed by atoms with Gasteiger partial charge in [0.2, 0.25) is 0 Å². The topological polar surface area (TPSA) is 59.0 Å². The van der Waals surface area contributed by atoms with Crippen LogP contribution in [0.2, 0.25) is 0 Å². The molecule has 3 atom stereocenters. The second kappa shape index (κ2) is 6.17. The fourth-order valence-electron chi connectivity index (χ4n) is 3.13. The van der Waals surface area contributed by atoms with Crippen molar-refractivity contribution in [2.75, 3.05) is 5.73 Å². The van der Waals surface area contributed by atoms with Crippen LogP contribution in [0.3, 0.4) is 0 Å². The predicted octanol–water partition coefficient (Wildman–Crippen LogP) is 3.98. The van der Waals surface area contributed by atoms with Gasteiger partial charge in [0.25, 0.3) is 0 Å². The molecule has 1 aromatic carbocycles. The van der Waals surface area contributed by atoms with Crippen molar-refractivity contribution in [2.24, 2.45) is 17.8 Å². The van der Waals surface area contributed by atoms with Crippen molar-refractivity contribution in [3.63, 3.8) is 0 Å². The molecule has 0 aliphatic heterocycles. The molecule has 1 saturated carbocycles. The maximum absolute atomic E-state index is 9.05. The molecule has 0 saturated heterocycles. The van der Waals surface area contributed by atoms with Crippen LogP contribution in [0.15, 0.2) is 18.2 Å². The molecule has 1 aromatic rings. The number of nitriles is 1. The maximum atomic E-state index is 9.05. The summed E-state index contributed by atoms with van der Waals surface area (Å²) in [6.45, 7) is 6.82. The van der Waals surface area contributed by atoms with Crippen molar-refractivity contribution in [1.82, 2.24) is 0 Å². The van der Waals surface area contributed by atoms with E-state index in [2.05, 4.69) is 26.8 Å². The lowest BCUT2D eigenvalue weighted by atomic mass is 9.75. The van der Waals surface area contributed by atoms with Crippen LogP contribution < -0.4 is 10.5 Å². The lowest BCUT2D eigenvalue weighted by molar-refractivity contribution is 0.0460. The quantitative estimate of drug-likeness (QED) is 0.847. The predicted molar refractivity (Wildman–Crippen MR) is 81.3 cm³/mol. The molecule has 3 heteroatoms. The number of hydrogen-bond donors (Lipinski definition) is 1. The first-order chi connectivity index (χ1) is 9.51. The van der Waals surface area contributed by atoms with Gasteiger partial charge in [0.05, 0.1) is 5.56 Å². The molecule has 1 aliphatic rings. The summed E-state index contributed by atoms with van der Waals surface area (Å²) in [6, 6.07) is 7.49. The zero-order chi connectivity index (χ0) is 14.7. The average molecular weight is 272 g/mol. The molecule has 3 nitrogen and oxygen atoms in total. The largest absolute Gasteiger partial charge is 0.490 e. The fraction of sp³-hybridized carbons (Fsp3) is 0.588. The number of nitrogen functional groups attached to an aromatic ring is 1. The van der Waals surface area contributed by atoms with Crippen LogP contribution in [0.1, 0.15) is 45.6 Å². The second-order valence-corrected chi connectivity index (χ2v) is 6.34. The number of ether oxygens (including phenoxy) is 1. The number of anilines is 1. The van der Waals surface area contributed by atoms with Crippen molar-refractivity contribution in [3.05, 3.63) is 23.8 Å². The van der Waals surface area contributed by atoms with Crippen molar-refractivity contribution < 1.29 is 4.74 Å². The average Bonchev–Trinajstić information content (AvgIpc) is 2.40. The molecule has 108 valence electrons. The van der Waals surface area contributed by atoms with E-state index in [0.717, 1.165) is 12.2 Å². The van der Waals surface area contributed by atoms with E-state index >= 15 is 0 Å². The fourth-order valence-corrected chi connectivity index (χ4v) is 3.13. The Bertz CT molecular complexity index is 504. The molecule has 0 radical (unpaired) electrons. The van der Waals surface area contributed by atoms with Crippen molar-refractivity contribution in [2.45, 2.75) is 46.1 Å². The molecule has 1 fully saturated rings. The number of benzene rings is 1. The standard InChI is InChI=1S/C17H24N2O/c1-11(2)15-6-4-12(3)8-17(15)20-14-5-7-16(19)13(9-14)10-18/h5,7,9,11-12,15,17H,4,6,8,19H2,1-3H3. The minimum absolute atomic E-state index is 0.244. The molecule has 1 aliphatic carbocycles. The van der Waals surface area contributed by atoms with Crippen LogP contribution >= 0.6 is 0 Å². The van der Waals surface area contributed by atoms with Gasteiger partial charge in [-0.05, 0) is 48.8 Å². The summed E-state index contributed by atoms with van der Waals surface area (Å²) < 4.78 is 6.19. The SMILES string of the molecule is CC1CCC(C(C)C)C(Oc2ccc(N)c(C#N)c2)C1. The van der Waals surface area contributed by atoms with Crippen LogP contribution in [0, 0.1) is 29.1 Å². The minimum atomic E-state index is 0.244. The summed E-state index contributed by atoms with van der Waals surface area (Å²) >= 11 is 0. The molecular weight excluding hydrogens is 248 g/mol. The van der Waals surface area contributed by atoms with Crippen molar-refractivity contribution in [3.8, 4) is 11.8 Å². The lowest BCUT2D eigenvalue weighted by Gasteiger charge is -2.37. The highest BCUT2D eigenvalue weighted by Gasteiger charge is 2.32. The van der Waals surface area contributed by atoms with E-state index in [4.69, 9.17) is 15.7 Å². The van der Waals surface area contributed by atoms with Gasteiger partial charge < -0.3 is 10.5 Å². The summed E-state index contributed by atoms with van der Waals surface area (Å²) in [4.78, 5) is 0. The number of nitrogens with zero attached hydrogens (tertiary/aromatic N) is 1. The third-order valence-electron chi connectivity index (χ3n) is 4.39. The minimum Gasteiger partial charge on any atom is -0.490 e. The Balaban J connectivity index is 2.16. The van der Waals surface area contributed by atoms with Gasteiger partial charge in [0, 0.05) is 5.69 Å². The normalized spacial score (nSPS) is 26.2. The first-order valence-electron chi connectivity index (χ1n) is 7.47. The zero-order valence-electron chi connectivity index (χ0n) is 12.6. The number of nitrogens with two attached hydrogens (primary N) is 1. The lowest BCUT2D eigenvalue weighted by Crippen LogP contribution is -2.36. The highest BCUT2D eigenvalue weighted by atomic mass is 16.5. The maximum Gasteiger partial charge on any atom is 0.121 e. The van der Waals surface area contributed by atoms with E-state index in [0.29, 0.717) is 29.0 Å². The van der Waals surface area contributed by atoms with Crippen molar-refractivity contribution in [1.29, 1.82) is 5.26 Å². The van der Waals surface area contributed by atoms with Gasteiger partial charge in [-0.25, -0.2) is 0 Å².